The van der Waals surface area contributed by atoms with Gasteiger partial charge in [-0.1, -0.05) is 6.92 Å². The number of carbonyl (C=O) groups is 2. The molecule has 1 aliphatic rings. The van der Waals surface area contributed by atoms with Gasteiger partial charge in [0.25, 0.3) is 5.56 Å². The molecule has 0 radical (unpaired) electrons. The summed E-state index contributed by atoms with van der Waals surface area (Å²) in [6, 6.07) is -0.232. The lowest BCUT2D eigenvalue weighted by molar-refractivity contribution is -0.151. The molecule has 2 rings (SSSR count). The number of aryl methyl sites for hydroxylation is 1. The third-order valence-corrected chi connectivity index (χ3v) is 4.24. The van der Waals surface area contributed by atoms with E-state index < -0.39 is 23.7 Å². The van der Waals surface area contributed by atoms with Gasteiger partial charge in [-0.15, -0.1) is 0 Å². The third kappa shape index (κ3) is 4.12. The fourth-order valence-electron chi connectivity index (χ4n) is 3.09. The molecule has 0 bridgehead atoms. The molecule has 0 aromatic carbocycles. The summed E-state index contributed by atoms with van der Waals surface area (Å²) in [5, 5.41) is 0. The van der Waals surface area contributed by atoms with Crippen LogP contribution in [0.2, 0.25) is 0 Å². The minimum absolute atomic E-state index is 0.127. The Morgan fingerprint density at radius 2 is 1.96 bits per heavy atom. The van der Waals surface area contributed by atoms with Crippen LogP contribution in [0, 0.1) is 5.92 Å². The molecule has 0 saturated heterocycles. The number of rotatable bonds is 5. The SMILES string of the molecule is CCc1cn([C@@H]2C[C@H](COC(C)=O)[C@@H](OC(C)=O)C2)c(=O)[nH]c1=O. The van der Waals surface area contributed by atoms with Crippen LogP contribution < -0.4 is 11.2 Å². The Morgan fingerprint density at radius 3 is 2.54 bits per heavy atom. The zero-order chi connectivity index (χ0) is 17.9. The monoisotopic (exact) mass is 338 g/mol. The standard InChI is InChI=1S/C16H22N2O6/c1-4-11-7-18(16(22)17-15(11)21)13-5-12(8-23-9(2)19)14(6-13)24-10(3)20/h7,12-14H,4-6,8H2,1-3H3,(H,17,21,22)/t12-,13-,14+/m1/s1. The molecule has 1 saturated carbocycles. The Labute approximate surface area is 138 Å². The summed E-state index contributed by atoms with van der Waals surface area (Å²) in [5.41, 5.74) is -0.358. The number of nitrogens with zero attached hydrogens (tertiary/aromatic N) is 1. The molecule has 1 heterocycles. The van der Waals surface area contributed by atoms with E-state index in [1.165, 1.54) is 18.4 Å². The highest BCUT2D eigenvalue weighted by molar-refractivity contribution is 5.66. The first kappa shape index (κ1) is 18.0. The van der Waals surface area contributed by atoms with Gasteiger partial charge in [0.15, 0.2) is 0 Å². The molecule has 0 amide bonds. The van der Waals surface area contributed by atoms with Gasteiger partial charge in [0.2, 0.25) is 0 Å². The maximum atomic E-state index is 12.1. The van der Waals surface area contributed by atoms with Crippen molar-refractivity contribution >= 4 is 11.9 Å². The van der Waals surface area contributed by atoms with E-state index in [4.69, 9.17) is 9.47 Å². The van der Waals surface area contributed by atoms with E-state index in [1.54, 1.807) is 6.20 Å². The van der Waals surface area contributed by atoms with Crippen LogP contribution in [0.1, 0.15) is 45.2 Å². The van der Waals surface area contributed by atoms with E-state index in [0.717, 1.165) is 0 Å². The summed E-state index contributed by atoms with van der Waals surface area (Å²) in [6.07, 6.45) is 2.58. The zero-order valence-electron chi connectivity index (χ0n) is 14.0. The molecule has 0 aliphatic heterocycles. The second kappa shape index (κ2) is 7.46. The molecule has 1 aromatic rings. The summed E-state index contributed by atoms with van der Waals surface area (Å²) in [4.78, 5) is 48.4. The number of nitrogens with one attached hydrogen (secondary N) is 1. The van der Waals surface area contributed by atoms with Gasteiger partial charge in [-0.05, 0) is 12.8 Å². The minimum atomic E-state index is -0.489. The van der Waals surface area contributed by atoms with Crippen LogP contribution in [0.5, 0.6) is 0 Å². The van der Waals surface area contributed by atoms with Gasteiger partial charge in [-0.3, -0.25) is 23.9 Å². The fourth-order valence-corrected chi connectivity index (χ4v) is 3.09. The lowest BCUT2D eigenvalue weighted by atomic mass is 10.1. The number of aromatic amines is 1. The smallest absolute Gasteiger partial charge is 0.328 e. The fraction of sp³-hybridized carbons (Fsp3) is 0.625. The zero-order valence-corrected chi connectivity index (χ0v) is 14.0. The van der Waals surface area contributed by atoms with Crippen molar-refractivity contribution in [2.24, 2.45) is 5.92 Å². The molecular formula is C16H22N2O6. The summed E-state index contributed by atoms with van der Waals surface area (Å²) in [7, 11) is 0. The van der Waals surface area contributed by atoms with Crippen molar-refractivity contribution in [3.63, 3.8) is 0 Å². The molecule has 8 heteroatoms. The number of hydrogen-bond donors (Lipinski definition) is 1. The molecule has 3 atom stereocenters. The molecule has 0 unspecified atom stereocenters. The van der Waals surface area contributed by atoms with E-state index >= 15 is 0 Å². The summed E-state index contributed by atoms with van der Waals surface area (Å²) >= 11 is 0. The lowest BCUT2D eigenvalue weighted by Crippen LogP contribution is -2.33. The summed E-state index contributed by atoms with van der Waals surface area (Å²) < 4.78 is 11.8. The molecular weight excluding hydrogens is 316 g/mol. The number of carbonyl (C=O) groups excluding carboxylic acids is 2. The van der Waals surface area contributed by atoms with Crippen LogP contribution in [-0.4, -0.2) is 34.2 Å². The molecule has 8 nitrogen and oxygen atoms in total. The molecule has 1 fully saturated rings. The Hall–Kier alpha value is -2.38. The van der Waals surface area contributed by atoms with Crippen molar-refractivity contribution in [3.05, 3.63) is 32.6 Å². The molecule has 24 heavy (non-hydrogen) atoms. The van der Waals surface area contributed by atoms with Crippen LogP contribution in [0.25, 0.3) is 0 Å². The first-order valence-electron chi connectivity index (χ1n) is 7.96. The molecule has 1 aliphatic carbocycles. The summed E-state index contributed by atoms with van der Waals surface area (Å²) in [5.74, 6) is -1.02. The number of hydrogen-bond acceptors (Lipinski definition) is 6. The van der Waals surface area contributed by atoms with Crippen LogP contribution in [0.15, 0.2) is 15.8 Å². The van der Waals surface area contributed by atoms with Crippen molar-refractivity contribution in [2.75, 3.05) is 6.61 Å². The van der Waals surface area contributed by atoms with E-state index in [1.807, 2.05) is 6.92 Å². The van der Waals surface area contributed by atoms with Crippen LogP contribution >= 0.6 is 0 Å². The Balaban J connectivity index is 2.25. The van der Waals surface area contributed by atoms with Crippen LogP contribution in [-0.2, 0) is 25.5 Å². The third-order valence-electron chi connectivity index (χ3n) is 4.24. The predicted molar refractivity (Wildman–Crippen MR) is 84.6 cm³/mol. The van der Waals surface area contributed by atoms with Crippen molar-refractivity contribution < 1.29 is 19.1 Å². The van der Waals surface area contributed by atoms with Gasteiger partial charge in [0.1, 0.15) is 6.10 Å². The summed E-state index contributed by atoms with van der Waals surface area (Å²) in [6.45, 7) is 4.59. The quantitative estimate of drug-likeness (QED) is 0.785. The number of ether oxygens (including phenoxy) is 2. The first-order chi connectivity index (χ1) is 11.3. The van der Waals surface area contributed by atoms with Crippen LogP contribution in [0.3, 0.4) is 0 Å². The van der Waals surface area contributed by atoms with Gasteiger partial charge >= 0.3 is 17.6 Å². The first-order valence-corrected chi connectivity index (χ1v) is 7.96. The minimum Gasteiger partial charge on any atom is -0.465 e. The van der Waals surface area contributed by atoms with E-state index in [-0.39, 0.29) is 24.1 Å². The highest BCUT2D eigenvalue weighted by Crippen LogP contribution is 2.36. The number of H-pyrrole nitrogens is 1. The Morgan fingerprint density at radius 1 is 1.25 bits per heavy atom. The maximum Gasteiger partial charge on any atom is 0.328 e. The second-order valence-corrected chi connectivity index (χ2v) is 6.01. The Bertz CT molecular complexity index is 735. The lowest BCUT2D eigenvalue weighted by Gasteiger charge is -2.18. The normalized spacial score (nSPS) is 23.0. The van der Waals surface area contributed by atoms with Gasteiger partial charge in [-0.2, -0.15) is 0 Å². The van der Waals surface area contributed by atoms with E-state index in [0.29, 0.717) is 24.8 Å². The molecule has 1 N–H and O–H groups in total. The average molecular weight is 338 g/mol. The van der Waals surface area contributed by atoms with Gasteiger partial charge in [-0.25, -0.2) is 4.79 Å². The van der Waals surface area contributed by atoms with Crippen molar-refractivity contribution in [1.82, 2.24) is 9.55 Å². The van der Waals surface area contributed by atoms with Crippen molar-refractivity contribution in [1.29, 1.82) is 0 Å². The van der Waals surface area contributed by atoms with Gasteiger partial charge < -0.3 is 9.47 Å². The molecule has 132 valence electrons. The average Bonchev–Trinajstić information content (AvgIpc) is 2.87. The van der Waals surface area contributed by atoms with Crippen molar-refractivity contribution in [2.45, 2.75) is 52.2 Å². The largest absolute Gasteiger partial charge is 0.465 e. The van der Waals surface area contributed by atoms with E-state index in [2.05, 4.69) is 4.98 Å². The number of esters is 2. The predicted octanol–water partition coefficient (Wildman–Crippen LogP) is 0.545. The maximum absolute atomic E-state index is 12.1. The van der Waals surface area contributed by atoms with E-state index in [9.17, 15) is 19.2 Å². The highest BCUT2D eigenvalue weighted by Gasteiger charge is 2.38. The molecule has 1 aromatic heterocycles. The van der Waals surface area contributed by atoms with Crippen molar-refractivity contribution in [3.8, 4) is 0 Å². The molecule has 0 spiro atoms. The highest BCUT2D eigenvalue weighted by atomic mass is 16.6. The topological polar surface area (TPSA) is 107 Å². The van der Waals surface area contributed by atoms with Gasteiger partial charge in [0, 0.05) is 44.0 Å². The number of aromatic nitrogens is 2. The second-order valence-electron chi connectivity index (χ2n) is 6.01. The van der Waals surface area contributed by atoms with Gasteiger partial charge in [0.05, 0.1) is 6.61 Å². The Kier molecular flexibility index (Phi) is 5.58. The van der Waals surface area contributed by atoms with Crippen LogP contribution in [0.4, 0.5) is 0 Å².